The summed E-state index contributed by atoms with van der Waals surface area (Å²) in [6.45, 7) is 13.3. The van der Waals surface area contributed by atoms with Crippen LogP contribution in [0.15, 0.2) is 60.8 Å². The van der Waals surface area contributed by atoms with Gasteiger partial charge in [0.15, 0.2) is 6.61 Å². The number of likely N-dealkylation sites (tertiary alicyclic amines) is 1. The summed E-state index contributed by atoms with van der Waals surface area (Å²) >= 11 is 0. The van der Waals surface area contributed by atoms with E-state index in [2.05, 4.69) is 25.0 Å². The van der Waals surface area contributed by atoms with Crippen molar-refractivity contribution >= 4 is 37.9 Å². The van der Waals surface area contributed by atoms with Crippen molar-refractivity contribution in [1.29, 1.82) is 0 Å². The molecule has 292 valence electrons. The van der Waals surface area contributed by atoms with Crippen LogP contribution in [0.1, 0.15) is 64.3 Å². The Morgan fingerprint density at radius 1 is 0.963 bits per heavy atom. The van der Waals surface area contributed by atoms with Crippen molar-refractivity contribution in [2.75, 3.05) is 26.3 Å². The monoisotopic (exact) mass is 766 g/mol. The molecule has 2 aromatic carbocycles. The standard InChI is InChI=1S/C40H52F2N4O7Si/c1-27(47)53-26-37(50)45(18-17-31(25-46-35(48)15-16-36(46)49)43-39(51)52-19-20-54(5,6)7)38(40(2,3)4)34-21-29(32-22-30(41)13-14-33(32)42)24-44(34)23-28-11-9-8-10-12-28/h8-14,21-22,24,31,38H,15-20,23,25-26H2,1-7H3,(H,43,51)/t31-,38-/m0/s1. The summed E-state index contributed by atoms with van der Waals surface area (Å²) in [5, 5.41) is 2.82. The number of rotatable bonds is 16. The first-order chi connectivity index (χ1) is 25.3. The molecule has 2 heterocycles. The highest BCUT2D eigenvalue weighted by Crippen LogP contribution is 2.41. The average Bonchev–Trinajstić information content (AvgIpc) is 3.63. The van der Waals surface area contributed by atoms with Gasteiger partial charge in [-0.05, 0) is 47.7 Å². The lowest BCUT2D eigenvalue weighted by molar-refractivity contribution is -0.152. The molecular weight excluding hydrogens is 715 g/mol. The van der Waals surface area contributed by atoms with Crippen LogP contribution in [0, 0.1) is 17.0 Å². The zero-order valence-electron chi connectivity index (χ0n) is 32.2. The number of ether oxygens (including phenoxy) is 2. The summed E-state index contributed by atoms with van der Waals surface area (Å²) < 4.78 is 42.2. The maximum Gasteiger partial charge on any atom is 0.407 e. The molecule has 1 aromatic heterocycles. The maximum atomic E-state index is 15.2. The second-order valence-corrected chi connectivity index (χ2v) is 21.6. The molecule has 0 unspecified atom stereocenters. The Morgan fingerprint density at radius 2 is 1.63 bits per heavy atom. The summed E-state index contributed by atoms with van der Waals surface area (Å²) in [5.74, 6) is -3.14. The Bertz CT molecular complexity index is 1800. The Labute approximate surface area is 317 Å². The molecule has 0 aliphatic carbocycles. The molecule has 3 aromatic rings. The van der Waals surface area contributed by atoms with Crippen LogP contribution in [0.4, 0.5) is 13.6 Å². The summed E-state index contributed by atoms with van der Waals surface area (Å²) in [7, 11) is -1.51. The second-order valence-electron chi connectivity index (χ2n) is 16.0. The van der Waals surface area contributed by atoms with E-state index in [-0.39, 0.29) is 56.3 Å². The first-order valence-corrected chi connectivity index (χ1v) is 21.9. The van der Waals surface area contributed by atoms with Gasteiger partial charge in [0, 0.05) is 70.5 Å². The number of nitrogens with one attached hydrogen (secondary N) is 1. The number of halogens is 2. The van der Waals surface area contributed by atoms with Crippen molar-refractivity contribution in [3.8, 4) is 11.1 Å². The minimum atomic E-state index is -1.51. The maximum absolute atomic E-state index is 15.2. The van der Waals surface area contributed by atoms with Gasteiger partial charge >= 0.3 is 12.1 Å². The van der Waals surface area contributed by atoms with Crippen LogP contribution in [-0.2, 0) is 35.2 Å². The van der Waals surface area contributed by atoms with E-state index in [1.54, 1.807) is 17.2 Å². The summed E-state index contributed by atoms with van der Waals surface area (Å²) in [6, 6.07) is 13.7. The van der Waals surface area contributed by atoms with Crippen LogP contribution in [0.3, 0.4) is 0 Å². The van der Waals surface area contributed by atoms with Crippen LogP contribution in [0.25, 0.3) is 11.1 Å². The highest BCUT2D eigenvalue weighted by molar-refractivity contribution is 6.76. The minimum Gasteiger partial charge on any atom is -0.456 e. The summed E-state index contributed by atoms with van der Waals surface area (Å²) in [6.07, 6.45) is 1.24. The molecule has 0 bridgehead atoms. The molecule has 2 atom stereocenters. The number of carbonyl (C=O) groups is 5. The van der Waals surface area contributed by atoms with E-state index in [1.165, 1.54) is 6.92 Å². The number of esters is 1. The molecule has 1 aliphatic rings. The van der Waals surface area contributed by atoms with E-state index in [0.29, 0.717) is 17.8 Å². The van der Waals surface area contributed by atoms with E-state index in [1.807, 2.05) is 55.7 Å². The Balaban J connectivity index is 1.77. The van der Waals surface area contributed by atoms with Crippen LogP contribution >= 0.6 is 0 Å². The first kappa shape index (κ1) is 41.9. The summed E-state index contributed by atoms with van der Waals surface area (Å²) in [5.41, 5.74) is 1.26. The van der Waals surface area contributed by atoms with Crippen LogP contribution in [-0.4, -0.2) is 84.6 Å². The Morgan fingerprint density at radius 3 is 2.24 bits per heavy atom. The minimum absolute atomic E-state index is 0.0156. The first-order valence-electron chi connectivity index (χ1n) is 18.2. The lowest BCUT2D eigenvalue weighted by Gasteiger charge is -2.41. The van der Waals surface area contributed by atoms with Crippen molar-refractivity contribution in [3.05, 3.63) is 83.7 Å². The second kappa shape index (κ2) is 18.0. The van der Waals surface area contributed by atoms with Gasteiger partial charge in [0.25, 0.3) is 5.91 Å². The van der Waals surface area contributed by atoms with Crippen LogP contribution in [0.5, 0.6) is 0 Å². The molecule has 1 fully saturated rings. The van der Waals surface area contributed by atoms with Gasteiger partial charge in [-0.25, -0.2) is 13.6 Å². The van der Waals surface area contributed by atoms with Crippen LogP contribution < -0.4 is 5.32 Å². The third-order valence-electron chi connectivity index (χ3n) is 9.18. The van der Waals surface area contributed by atoms with Gasteiger partial charge in [0.05, 0.1) is 18.7 Å². The topological polar surface area (TPSA) is 127 Å². The highest BCUT2D eigenvalue weighted by atomic mass is 28.3. The van der Waals surface area contributed by atoms with Crippen molar-refractivity contribution in [1.82, 2.24) is 19.7 Å². The molecule has 1 N–H and O–H groups in total. The zero-order chi connectivity index (χ0) is 39.8. The molecule has 0 spiro atoms. The fourth-order valence-electron chi connectivity index (χ4n) is 6.47. The molecule has 11 nitrogen and oxygen atoms in total. The third kappa shape index (κ3) is 11.8. The number of imide groups is 1. The molecule has 54 heavy (non-hydrogen) atoms. The number of alkyl carbamates (subject to hydrolysis) is 1. The number of aromatic nitrogens is 1. The number of hydrogen-bond donors (Lipinski definition) is 1. The van der Waals surface area contributed by atoms with Crippen LogP contribution in [0.2, 0.25) is 25.7 Å². The lowest BCUT2D eigenvalue weighted by Crippen LogP contribution is -2.49. The number of amides is 4. The zero-order valence-corrected chi connectivity index (χ0v) is 33.2. The molecule has 1 aliphatic heterocycles. The predicted molar refractivity (Wildman–Crippen MR) is 203 cm³/mol. The quantitative estimate of drug-likeness (QED) is 0.0952. The number of hydrogen-bond acceptors (Lipinski definition) is 7. The fourth-order valence-corrected chi connectivity index (χ4v) is 7.18. The predicted octanol–water partition coefficient (Wildman–Crippen LogP) is 6.93. The normalized spacial score (nSPS) is 14.5. The Hall–Kier alpha value is -4.85. The Kier molecular flexibility index (Phi) is 14.0. The van der Waals surface area contributed by atoms with E-state index in [4.69, 9.17) is 9.47 Å². The summed E-state index contributed by atoms with van der Waals surface area (Å²) in [4.78, 5) is 67.1. The van der Waals surface area contributed by atoms with E-state index in [9.17, 15) is 28.4 Å². The van der Waals surface area contributed by atoms with Gasteiger partial charge in [0.1, 0.15) is 11.6 Å². The van der Waals surface area contributed by atoms with Gasteiger partial charge < -0.3 is 24.3 Å². The molecule has 0 radical (unpaired) electrons. The molecular formula is C40H52F2N4O7Si. The van der Waals surface area contributed by atoms with Crippen molar-refractivity contribution in [2.24, 2.45) is 5.41 Å². The molecule has 1 saturated heterocycles. The van der Waals surface area contributed by atoms with Gasteiger partial charge in [-0.2, -0.15) is 0 Å². The molecule has 4 amide bonds. The van der Waals surface area contributed by atoms with E-state index in [0.717, 1.165) is 34.7 Å². The van der Waals surface area contributed by atoms with Crippen molar-refractivity contribution in [2.45, 2.75) is 91.3 Å². The molecule has 14 heteroatoms. The fraction of sp³-hybridized carbons (Fsp3) is 0.475. The highest BCUT2D eigenvalue weighted by Gasteiger charge is 2.39. The van der Waals surface area contributed by atoms with Crippen molar-refractivity contribution < 1.29 is 42.2 Å². The number of benzene rings is 2. The van der Waals surface area contributed by atoms with Gasteiger partial charge in [0.2, 0.25) is 11.8 Å². The lowest BCUT2D eigenvalue weighted by atomic mass is 9.82. The van der Waals surface area contributed by atoms with Gasteiger partial charge in [-0.1, -0.05) is 70.7 Å². The smallest absolute Gasteiger partial charge is 0.407 e. The van der Waals surface area contributed by atoms with Gasteiger partial charge in [-0.3, -0.25) is 24.1 Å². The van der Waals surface area contributed by atoms with E-state index >= 15 is 4.39 Å². The molecule has 4 rings (SSSR count). The van der Waals surface area contributed by atoms with Crippen molar-refractivity contribution in [3.63, 3.8) is 0 Å². The van der Waals surface area contributed by atoms with Gasteiger partial charge in [-0.15, -0.1) is 0 Å². The number of carbonyl (C=O) groups excluding carboxylic acids is 5. The largest absolute Gasteiger partial charge is 0.456 e. The third-order valence-corrected chi connectivity index (χ3v) is 10.9. The average molecular weight is 767 g/mol. The number of nitrogens with zero attached hydrogens (tertiary/aromatic N) is 3. The molecule has 0 saturated carbocycles. The van der Waals surface area contributed by atoms with E-state index < -0.39 is 61.8 Å². The SMILES string of the molecule is CC(=O)OCC(=O)N(CC[C@@H](CN1C(=O)CCC1=O)NC(=O)OCC[Si](C)(C)C)[C@@H](c1cc(-c2cc(F)ccc2F)cn1Cc1ccccc1)C(C)(C)C.